The highest BCUT2D eigenvalue weighted by Crippen LogP contribution is 2.31. The Labute approximate surface area is 74.1 Å². The third-order valence-electron chi connectivity index (χ3n) is 1.73. The summed E-state index contributed by atoms with van der Waals surface area (Å²) in [5.74, 6) is -3.97. The predicted molar refractivity (Wildman–Crippen MR) is 41.2 cm³/mol. The number of halogens is 3. The summed E-state index contributed by atoms with van der Waals surface area (Å²) in [4.78, 5) is 10.3. The van der Waals surface area contributed by atoms with Crippen molar-refractivity contribution in [2.45, 2.75) is 19.5 Å². The third kappa shape index (κ3) is 3.96. The van der Waals surface area contributed by atoms with E-state index in [4.69, 9.17) is 5.11 Å². The molecule has 2 atom stereocenters. The standard InChI is InChI=1S/C8H11F3O2/c1-3-6(8(9,10)11)4-5(2)7(12)13/h3,5-6H,1,4H2,2H3,(H,12,13)/t5-,6+/m1/s1. The van der Waals surface area contributed by atoms with Gasteiger partial charge in [-0.05, 0) is 6.42 Å². The van der Waals surface area contributed by atoms with Crippen molar-refractivity contribution in [3.05, 3.63) is 12.7 Å². The van der Waals surface area contributed by atoms with Gasteiger partial charge in [-0.25, -0.2) is 0 Å². The summed E-state index contributed by atoms with van der Waals surface area (Å²) in [6.07, 6.45) is -4.12. The van der Waals surface area contributed by atoms with Gasteiger partial charge in [-0.3, -0.25) is 4.79 Å². The number of hydrogen-bond donors (Lipinski definition) is 1. The highest BCUT2D eigenvalue weighted by atomic mass is 19.4. The van der Waals surface area contributed by atoms with Crippen LogP contribution in [-0.4, -0.2) is 17.3 Å². The molecule has 0 aliphatic carbocycles. The Morgan fingerprint density at radius 3 is 2.31 bits per heavy atom. The van der Waals surface area contributed by atoms with Crippen molar-refractivity contribution < 1.29 is 23.1 Å². The Hall–Kier alpha value is -1.00. The molecule has 0 amide bonds. The number of rotatable bonds is 4. The monoisotopic (exact) mass is 196 g/mol. The lowest BCUT2D eigenvalue weighted by atomic mass is 9.95. The molecule has 5 heteroatoms. The van der Waals surface area contributed by atoms with E-state index in [2.05, 4.69) is 6.58 Å². The summed E-state index contributed by atoms with van der Waals surface area (Å²) < 4.78 is 36.2. The predicted octanol–water partition coefficient (Wildman–Crippen LogP) is 2.46. The van der Waals surface area contributed by atoms with Crippen molar-refractivity contribution in [2.75, 3.05) is 0 Å². The first-order valence-electron chi connectivity index (χ1n) is 3.71. The molecule has 0 rings (SSSR count). The Bertz CT molecular complexity index is 198. The van der Waals surface area contributed by atoms with Gasteiger partial charge in [-0.15, -0.1) is 6.58 Å². The van der Waals surface area contributed by atoms with Gasteiger partial charge in [-0.2, -0.15) is 13.2 Å². The minimum Gasteiger partial charge on any atom is -0.481 e. The van der Waals surface area contributed by atoms with Crippen LogP contribution in [0.1, 0.15) is 13.3 Å². The zero-order valence-corrected chi connectivity index (χ0v) is 7.14. The van der Waals surface area contributed by atoms with Gasteiger partial charge in [0, 0.05) is 0 Å². The normalized spacial score (nSPS) is 16.3. The molecule has 0 saturated carbocycles. The molecule has 0 saturated heterocycles. The molecule has 0 fully saturated rings. The highest BCUT2D eigenvalue weighted by Gasteiger charge is 2.38. The summed E-state index contributed by atoms with van der Waals surface area (Å²) in [7, 11) is 0. The fraction of sp³-hybridized carbons (Fsp3) is 0.625. The third-order valence-corrected chi connectivity index (χ3v) is 1.73. The largest absolute Gasteiger partial charge is 0.481 e. The fourth-order valence-corrected chi connectivity index (χ4v) is 0.845. The van der Waals surface area contributed by atoms with E-state index in [-0.39, 0.29) is 0 Å². The molecule has 2 nitrogen and oxygen atoms in total. The van der Waals surface area contributed by atoms with Gasteiger partial charge in [-0.1, -0.05) is 13.0 Å². The lowest BCUT2D eigenvalue weighted by Gasteiger charge is -2.18. The van der Waals surface area contributed by atoms with Crippen LogP contribution in [-0.2, 0) is 4.79 Å². The van der Waals surface area contributed by atoms with Crippen LogP contribution in [0.5, 0.6) is 0 Å². The second kappa shape index (κ2) is 4.30. The van der Waals surface area contributed by atoms with E-state index in [0.717, 1.165) is 6.08 Å². The van der Waals surface area contributed by atoms with E-state index in [1.165, 1.54) is 6.92 Å². The van der Waals surface area contributed by atoms with Gasteiger partial charge in [0.05, 0.1) is 11.8 Å². The quantitative estimate of drug-likeness (QED) is 0.701. The van der Waals surface area contributed by atoms with E-state index < -0.39 is 30.4 Å². The van der Waals surface area contributed by atoms with Crippen LogP contribution in [0.15, 0.2) is 12.7 Å². The molecule has 0 spiro atoms. The van der Waals surface area contributed by atoms with Gasteiger partial charge >= 0.3 is 12.1 Å². The van der Waals surface area contributed by atoms with Gasteiger partial charge in [0.25, 0.3) is 0 Å². The number of allylic oxidation sites excluding steroid dienone is 1. The molecule has 0 aliphatic heterocycles. The minimum atomic E-state index is -4.40. The van der Waals surface area contributed by atoms with Crippen molar-refractivity contribution >= 4 is 5.97 Å². The molecular weight excluding hydrogens is 185 g/mol. The van der Waals surface area contributed by atoms with Crippen LogP contribution in [0.25, 0.3) is 0 Å². The average molecular weight is 196 g/mol. The van der Waals surface area contributed by atoms with Gasteiger partial charge < -0.3 is 5.11 Å². The number of alkyl halides is 3. The number of carboxylic acid groups (broad SMARTS) is 1. The second-order valence-electron chi connectivity index (χ2n) is 2.86. The average Bonchev–Trinajstić information content (AvgIpc) is 1.96. The number of hydrogen-bond acceptors (Lipinski definition) is 1. The summed E-state index contributed by atoms with van der Waals surface area (Å²) in [5.41, 5.74) is 0. The Kier molecular flexibility index (Phi) is 3.97. The molecule has 13 heavy (non-hydrogen) atoms. The van der Waals surface area contributed by atoms with Crippen molar-refractivity contribution in [1.82, 2.24) is 0 Å². The van der Waals surface area contributed by atoms with Crippen LogP contribution >= 0.6 is 0 Å². The summed E-state index contributed by atoms with van der Waals surface area (Å²) in [5, 5.41) is 8.39. The van der Waals surface area contributed by atoms with Gasteiger partial charge in [0.2, 0.25) is 0 Å². The number of carbonyl (C=O) groups is 1. The molecule has 0 radical (unpaired) electrons. The minimum absolute atomic E-state index is 0.456. The maximum Gasteiger partial charge on any atom is 0.395 e. The van der Waals surface area contributed by atoms with E-state index in [9.17, 15) is 18.0 Å². The maximum atomic E-state index is 12.1. The summed E-state index contributed by atoms with van der Waals surface area (Å²) in [6, 6.07) is 0. The lowest BCUT2D eigenvalue weighted by molar-refractivity contribution is -0.167. The Morgan fingerprint density at radius 1 is 1.62 bits per heavy atom. The first-order chi connectivity index (χ1) is 5.79. The van der Waals surface area contributed by atoms with Crippen LogP contribution in [0.3, 0.4) is 0 Å². The van der Waals surface area contributed by atoms with Gasteiger partial charge in [0.1, 0.15) is 0 Å². The first-order valence-corrected chi connectivity index (χ1v) is 3.71. The van der Waals surface area contributed by atoms with Crippen LogP contribution in [0.2, 0.25) is 0 Å². The molecule has 0 aromatic carbocycles. The van der Waals surface area contributed by atoms with E-state index in [1.54, 1.807) is 0 Å². The molecular formula is C8H11F3O2. The van der Waals surface area contributed by atoms with Crippen LogP contribution < -0.4 is 0 Å². The molecule has 76 valence electrons. The first kappa shape index (κ1) is 12.0. The molecule has 0 aromatic heterocycles. The lowest BCUT2D eigenvalue weighted by Crippen LogP contribution is -2.25. The summed E-state index contributed by atoms with van der Waals surface area (Å²) in [6.45, 7) is 4.27. The van der Waals surface area contributed by atoms with E-state index in [0.29, 0.717) is 0 Å². The SMILES string of the molecule is C=C[C@@H](C[C@@H](C)C(=O)O)C(F)(F)F. The number of carboxylic acids is 1. The topological polar surface area (TPSA) is 37.3 Å². The number of aliphatic carboxylic acids is 1. The molecule has 0 unspecified atom stereocenters. The molecule has 0 aliphatic rings. The summed E-state index contributed by atoms with van der Waals surface area (Å²) >= 11 is 0. The smallest absolute Gasteiger partial charge is 0.395 e. The van der Waals surface area contributed by atoms with Gasteiger partial charge in [0.15, 0.2) is 0 Å². The molecule has 0 heterocycles. The van der Waals surface area contributed by atoms with Crippen molar-refractivity contribution in [2.24, 2.45) is 11.8 Å². The molecule has 0 aromatic rings. The highest BCUT2D eigenvalue weighted by molar-refractivity contribution is 5.69. The van der Waals surface area contributed by atoms with Crippen LogP contribution in [0, 0.1) is 11.8 Å². The zero-order chi connectivity index (χ0) is 10.6. The molecule has 0 bridgehead atoms. The van der Waals surface area contributed by atoms with E-state index >= 15 is 0 Å². The fourth-order valence-electron chi connectivity index (χ4n) is 0.845. The van der Waals surface area contributed by atoms with Crippen LogP contribution in [0.4, 0.5) is 13.2 Å². The molecule has 1 N–H and O–H groups in total. The van der Waals surface area contributed by atoms with Crippen molar-refractivity contribution in [1.29, 1.82) is 0 Å². The van der Waals surface area contributed by atoms with Crippen molar-refractivity contribution in [3.8, 4) is 0 Å². The Balaban J connectivity index is 4.30. The maximum absolute atomic E-state index is 12.1. The van der Waals surface area contributed by atoms with E-state index in [1.807, 2.05) is 0 Å². The second-order valence-corrected chi connectivity index (χ2v) is 2.86. The van der Waals surface area contributed by atoms with Crippen molar-refractivity contribution in [3.63, 3.8) is 0 Å². The zero-order valence-electron chi connectivity index (χ0n) is 7.14. The Morgan fingerprint density at radius 2 is 2.08 bits per heavy atom.